The van der Waals surface area contributed by atoms with Crippen molar-refractivity contribution in [3.05, 3.63) is 35.5 Å². The number of likely N-dealkylation sites (tertiary alicyclic amines) is 1. The molecule has 0 bridgehead atoms. The van der Waals surface area contributed by atoms with Crippen molar-refractivity contribution in [1.82, 2.24) is 9.80 Å². The van der Waals surface area contributed by atoms with Gasteiger partial charge in [0.2, 0.25) is 5.91 Å². The van der Waals surface area contributed by atoms with Crippen molar-refractivity contribution in [3.63, 3.8) is 0 Å². The molecule has 1 saturated heterocycles. The zero-order chi connectivity index (χ0) is 23.1. The number of carbonyl (C=O) groups is 3. The fourth-order valence-electron chi connectivity index (χ4n) is 4.15. The van der Waals surface area contributed by atoms with Gasteiger partial charge in [0, 0.05) is 45.5 Å². The number of amides is 3. The lowest BCUT2D eigenvalue weighted by Crippen LogP contribution is -2.39. The molecule has 3 amide bonds. The minimum Gasteiger partial charge on any atom is -0.381 e. The Morgan fingerprint density at radius 1 is 1.06 bits per heavy atom. The van der Waals surface area contributed by atoms with E-state index < -0.39 is 0 Å². The maximum atomic E-state index is 13.4. The summed E-state index contributed by atoms with van der Waals surface area (Å²) < 4.78 is 5.61. The van der Waals surface area contributed by atoms with Gasteiger partial charge in [-0.25, -0.2) is 0 Å². The highest BCUT2D eigenvalue weighted by molar-refractivity contribution is 6.35. The molecule has 0 aliphatic carbocycles. The van der Waals surface area contributed by atoms with Gasteiger partial charge >= 0.3 is 0 Å². The number of unbranched alkanes of at least 4 members (excludes halogenated alkanes) is 1. The quantitative estimate of drug-likeness (QED) is 0.443. The number of hydrogen-bond acceptors (Lipinski definition) is 5. The van der Waals surface area contributed by atoms with Crippen molar-refractivity contribution >= 4 is 29.0 Å². The van der Waals surface area contributed by atoms with Crippen molar-refractivity contribution < 1.29 is 19.1 Å². The Balaban J connectivity index is 1.80. The molecule has 2 aliphatic rings. The largest absolute Gasteiger partial charge is 0.381 e. The second kappa shape index (κ2) is 11.3. The summed E-state index contributed by atoms with van der Waals surface area (Å²) in [5.41, 5.74) is 2.34. The van der Waals surface area contributed by atoms with Crippen molar-refractivity contribution in [1.29, 1.82) is 0 Å². The van der Waals surface area contributed by atoms with Crippen LogP contribution in [-0.4, -0.2) is 60.4 Å². The number of nitrogens with one attached hydrogen (secondary N) is 1. The summed E-state index contributed by atoms with van der Waals surface area (Å²) in [5, 5.41) is 2.74. The third-order valence-corrected chi connectivity index (χ3v) is 6.05. The molecule has 1 fully saturated rings. The minimum absolute atomic E-state index is 0.153. The Morgan fingerprint density at radius 3 is 2.34 bits per heavy atom. The van der Waals surface area contributed by atoms with Crippen LogP contribution < -0.4 is 5.32 Å². The van der Waals surface area contributed by atoms with E-state index >= 15 is 0 Å². The van der Waals surface area contributed by atoms with Crippen molar-refractivity contribution in [3.8, 4) is 0 Å². The van der Waals surface area contributed by atoms with Crippen LogP contribution in [0.4, 0.5) is 5.69 Å². The van der Waals surface area contributed by atoms with Crippen LogP contribution in [0.3, 0.4) is 0 Å². The molecule has 2 heterocycles. The average molecular weight is 442 g/mol. The molecular formula is C25H35N3O4. The molecule has 7 heteroatoms. The van der Waals surface area contributed by atoms with Gasteiger partial charge < -0.3 is 15.0 Å². The van der Waals surface area contributed by atoms with Gasteiger partial charge in [-0.1, -0.05) is 32.4 Å². The Labute approximate surface area is 190 Å². The zero-order valence-corrected chi connectivity index (χ0v) is 19.5. The van der Waals surface area contributed by atoms with Crippen LogP contribution in [0.15, 0.2) is 30.0 Å². The van der Waals surface area contributed by atoms with Gasteiger partial charge in [0.15, 0.2) is 0 Å². The monoisotopic (exact) mass is 441 g/mol. The van der Waals surface area contributed by atoms with E-state index in [0.29, 0.717) is 54.6 Å². The van der Waals surface area contributed by atoms with Crippen molar-refractivity contribution in [2.24, 2.45) is 5.92 Å². The van der Waals surface area contributed by atoms with E-state index in [9.17, 15) is 14.4 Å². The molecule has 0 aromatic heterocycles. The first-order valence-electron chi connectivity index (χ1n) is 11.7. The second-order valence-electron chi connectivity index (χ2n) is 8.73. The average Bonchev–Trinajstić information content (AvgIpc) is 3.01. The van der Waals surface area contributed by atoms with E-state index in [1.807, 2.05) is 0 Å². The highest BCUT2D eigenvalue weighted by Crippen LogP contribution is 2.34. The molecule has 32 heavy (non-hydrogen) atoms. The van der Waals surface area contributed by atoms with E-state index in [1.54, 1.807) is 24.3 Å². The summed E-state index contributed by atoms with van der Waals surface area (Å²) in [5.74, 6) is 0.0128. The van der Waals surface area contributed by atoms with Gasteiger partial charge in [-0.2, -0.15) is 0 Å². The van der Waals surface area contributed by atoms with Gasteiger partial charge in [-0.15, -0.1) is 0 Å². The first kappa shape index (κ1) is 24.0. The van der Waals surface area contributed by atoms with Crippen LogP contribution in [0.25, 0.3) is 5.57 Å². The lowest BCUT2D eigenvalue weighted by molar-refractivity contribution is -0.137. The number of carbonyl (C=O) groups excluding carboxylic acids is 3. The molecule has 0 spiro atoms. The first-order chi connectivity index (χ1) is 15.4. The third-order valence-electron chi connectivity index (χ3n) is 6.05. The molecule has 0 saturated carbocycles. The van der Waals surface area contributed by atoms with Crippen molar-refractivity contribution in [2.45, 2.75) is 52.9 Å². The van der Waals surface area contributed by atoms with Gasteiger partial charge in [0.1, 0.15) is 5.70 Å². The molecule has 7 nitrogen and oxygen atoms in total. The van der Waals surface area contributed by atoms with E-state index in [1.165, 1.54) is 11.8 Å². The van der Waals surface area contributed by atoms with Crippen LogP contribution in [0.5, 0.6) is 0 Å². The number of anilines is 1. The van der Waals surface area contributed by atoms with E-state index in [0.717, 1.165) is 38.8 Å². The minimum atomic E-state index is -0.246. The number of rotatable bonds is 10. The van der Waals surface area contributed by atoms with Gasteiger partial charge in [-0.05, 0) is 49.3 Å². The fourth-order valence-corrected chi connectivity index (χ4v) is 4.15. The molecule has 0 unspecified atom stereocenters. The summed E-state index contributed by atoms with van der Waals surface area (Å²) in [7, 11) is 0. The summed E-state index contributed by atoms with van der Waals surface area (Å²) in [6.45, 7) is 8.94. The molecular weight excluding hydrogens is 406 g/mol. The molecule has 1 aromatic carbocycles. The Bertz CT molecular complexity index is 854. The predicted octanol–water partition coefficient (Wildman–Crippen LogP) is 3.66. The summed E-state index contributed by atoms with van der Waals surface area (Å²) in [4.78, 5) is 41.5. The van der Waals surface area contributed by atoms with Gasteiger partial charge in [0.05, 0.1) is 5.57 Å². The Morgan fingerprint density at radius 2 is 1.72 bits per heavy atom. The first-order valence-corrected chi connectivity index (χ1v) is 11.7. The smallest absolute Gasteiger partial charge is 0.277 e. The lowest BCUT2D eigenvalue weighted by atomic mass is 9.97. The molecule has 3 rings (SSSR count). The van der Waals surface area contributed by atoms with Gasteiger partial charge in [-0.3, -0.25) is 19.3 Å². The number of piperidine rings is 1. The normalized spacial score (nSPS) is 17.5. The molecule has 1 aromatic rings. The Hall–Kier alpha value is -2.67. The fraction of sp³-hybridized carbons (Fsp3) is 0.560. The zero-order valence-electron chi connectivity index (χ0n) is 19.5. The van der Waals surface area contributed by atoms with Crippen LogP contribution in [-0.2, 0) is 19.1 Å². The number of nitrogens with zero attached hydrogens (tertiary/aromatic N) is 2. The molecule has 1 N–H and O–H groups in total. The van der Waals surface area contributed by atoms with Crippen LogP contribution in [0, 0.1) is 5.92 Å². The molecule has 0 radical (unpaired) electrons. The number of ether oxygens (including phenoxy) is 1. The summed E-state index contributed by atoms with van der Waals surface area (Å²) in [6.07, 6.45) is 4.73. The number of benzene rings is 1. The van der Waals surface area contributed by atoms with Crippen LogP contribution >= 0.6 is 0 Å². The van der Waals surface area contributed by atoms with Crippen molar-refractivity contribution in [2.75, 3.05) is 38.2 Å². The molecule has 0 atom stereocenters. The molecule has 174 valence electrons. The van der Waals surface area contributed by atoms with Gasteiger partial charge in [0.25, 0.3) is 11.8 Å². The second-order valence-corrected chi connectivity index (χ2v) is 8.73. The third kappa shape index (κ3) is 5.76. The number of hydrogen-bond donors (Lipinski definition) is 1. The predicted molar refractivity (Wildman–Crippen MR) is 125 cm³/mol. The molecule has 2 aliphatic heterocycles. The van der Waals surface area contributed by atoms with E-state index in [4.69, 9.17) is 4.74 Å². The topological polar surface area (TPSA) is 79.0 Å². The maximum Gasteiger partial charge on any atom is 0.277 e. The standard InChI is InChI=1S/C25H35N3O4/c1-4-5-16-32-17-6-13-28-24(30)22(20-7-9-21(10-8-20)26-19(3)29)23(25(28)31)27-14-11-18(2)12-15-27/h7-10,18H,4-6,11-17H2,1-3H3,(H,26,29). The highest BCUT2D eigenvalue weighted by Gasteiger charge is 2.41. The number of imide groups is 1. The SMILES string of the molecule is CCCCOCCCN1C(=O)C(c2ccc(NC(C)=O)cc2)=C(N2CCC(C)CC2)C1=O. The maximum absolute atomic E-state index is 13.4. The van der Waals surface area contributed by atoms with E-state index in [-0.39, 0.29) is 17.7 Å². The summed E-state index contributed by atoms with van der Waals surface area (Å²) in [6, 6.07) is 7.13. The Kier molecular flexibility index (Phi) is 8.45. The lowest BCUT2D eigenvalue weighted by Gasteiger charge is -2.32. The summed E-state index contributed by atoms with van der Waals surface area (Å²) >= 11 is 0. The van der Waals surface area contributed by atoms with Crippen LogP contribution in [0.1, 0.15) is 58.4 Å². The van der Waals surface area contributed by atoms with Crippen LogP contribution in [0.2, 0.25) is 0 Å². The highest BCUT2D eigenvalue weighted by atomic mass is 16.5. The van der Waals surface area contributed by atoms with E-state index in [2.05, 4.69) is 24.1 Å².